The lowest BCUT2D eigenvalue weighted by molar-refractivity contribution is -0.116. The summed E-state index contributed by atoms with van der Waals surface area (Å²) in [6.45, 7) is 0. The molecule has 1 atom stereocenters. The van der Waals surface area contributed by atoms with E-state index < -0.39 is 26.7 Å². The van der Waals surface area contributed by atoms with Crippen molar-refractivity contribution in [2.45, 2.75) is 11.7 Å². The number of phenols is 1. The van der Waals surface area contributed by atoms with Crippen LogP contribution in [0.1, 0.15) is 6.42 Å². The van der Waals surface area contributed by atoms with Crippen molar-refractivity contribution in [2.75, 3.05) is 11.1 Å². The summed E-state index contributed by atoms with van der Waals surface area (Å²) in [6, 6.07) is 1.22. The average Bonchev–Trinajstić information content (AvgIpc) is 2.31. The molecule has 2 rings (SSSR count). The molecule has 1 amide bonds. The Bertz CT molecular complexity index is 633. The van der Waals surface area contributed by atoms with Crippen LogP contribution in [0.15, 0.2) is 6.07 Å². The molecule has 0 bridgehead atoms. The van der Waals surface area contributed by atoms with Gasteiger partial charge in [0.2, 0.25) is 5.91 Å². The molecule has 1 saturated heterocycles. The van der Waals surface area contributed by atoms with Crippen molar-refractivity contribution >= 4 is 56.2 Å². The van der Waals surface area contributed by atoms with Crippen LogP contribution >= 0.6 is 34.8 Å². The third-order valence-electron chi connectivity index (χ3n) is 2.78. The minimum Gasteiger partial charge on any atom is -0.504 e. The Morgan fingerprint density at radius 1 is 1.32 bits per heavy atom. The Morgan fingerprint density at radius 2 is 1.95 bits per heavy atom. The van der Waals surface area contributed by atoms with Gasteiger partial charge in [-0.15, -0.1) is 0 Å². The Labute approximate surface area is 124 Å². The number of sulfone groups is 1. The van der Waals surface area contributed by atoms with E-state index in [0.717, 1.165) is 0 Å². The monoisotopic (exact) mass is 343 g/mol. The van der Waals surface area contributed by atoms with Crippen LogP contribution in [0.3, 0.4) is 0 Å². The van der Waals surface area contributed by atoms with Gasteiger partial charge in [0, 0.05) is 0 Å². The fourth-order valence-electron chi connectivity index (χ4n) is 1.63. The van der Waals surface area contributed by atoms with Crippen LogP contribution in [0.5, 0.6) is 5.75 Å². The van der Waals surface area contributed by atoms with Crippen LogP contribution in [-0.2, 0) is 14.6 Å². The first-order valence-corrected chi connectivity index (χ1v) is 7.98. The molecule has 1 fully saturated rings. The van der Waals surface area contributed by atoms with E-state index >= 15 is 0 Å². The number of amides is 1. The fraction of sp³-hybridized carbons (Fsp3) is 0.300. The molecule has 1 heterocycles. The SMILES string of the molecule is O=C(Nc1c(O)c(Cl)cc(Cl)c1Cl)C1CCS1(=O)=O. The first kappa shape index (κ1) is 14.7. The van der Waals surface area contributed by atoms with Gasteiger partial charge in [-0.25, -0.2) is 8.42 Å². The molecule has 0 saturated carbocycles. The van der Waals surface area contributed by atoms with Crippen LogP contribution in [0.2, 0.25) is 15.1 Å². The van der Waals surface area contributed by atoms with Gasteiger partial charge < -0.3 is 10.4 Å². The van der Waals surface area contributed by atoms with Crippen molar-refractivity contribution in [3.8, 4) is 5.75 Å². The number of hydrogen-bond donors (Lipinski definition) is 2. The first-order valence-electron chi connectivity index (χ1n) is 5.13. The molecule has 1 aliphatic heterocycles. The van der Waals surface area contributed by atoms with Gasteiger partial charge in [-0.3, -0.25) is 4.79 Å². The lowest BCUT2D eigenvalue weighted by Gasteiger charge is -2.25. The fourth-order valence-corrected chi connectivity index (χ4v) is 3.52. The van der Waals surface area contributed by atoms with E-state index in [9.17, 15) is 18.3 Å². The second-order valence-corrected chi connectivity index (χ2v) is 7.51. The van der Waals surface area contributed by atoms with Crippen LogP contribution in [-0.4, -0.2) is 30.4 Å². The van der Waals surface area contributed by atoms with Crippen molar-refractivity contribution in [3.63, 3.8) is 0 Å². The van der Waals surface area contributed by atoms with E-state index in [1.54, 1.807) is 0 Å². The predicted molar refractivity (Wildman–Crippen MR) is 74.0 cm³/mol. The van der Waals surface area contributed by atoms with Gasteiger partial charge >= 0.3 is 0 Å². The van der Waals surface area contributed by atoms with Crippen molar-refractivity contribution in [3.05, 3.63) is 21.1 Å². The Kier molecular flexibility index (Phi) is 3.88. The van der Waals surface area contributed by atoms with E-state index in [1.807, 2.05) is 0 Å². The second-order valence-electron chi connectivity index (χ2n) is 4.01. The summed E-state index contributed by atoms with van der Waals surface area (Å²) < 4.78 is 22.7. The smallest absolute Gasteiger partial charge is 0.242 e. The summed E-state index contributed by atoms with van der Waals surface area (Å²) in [5.41, 5.74) is -0.189. The van der Waals surface area contributed by atoms with Gasteiger partial charge in [-0.05, 0) is 12.5 Å². The zero-order chi connectivity index (χ0) is 14.4. The number of anilines is 1. The van der Waals surface area contributed by atoms with Crippen LogP contribution in [0, 0.1) is 0 Å². The number of nitrogens with one attached hydrogen (secondary N) is 1. The number of carbonyl (C=O) groups is 1. The highest BCUT2D eigenvalue weighted by Crippen LogP contribution is 2.42. The highest BCUT2D eigenvalue weighted by Gasteiger charge is 2.41. The topological polar surface area (TPSA) is 83.5 Å². The molecule has 1 aromatic carbocycles. The summed E-state index contributed by atoms with van der Waals surface area (Å²) in [5.74, 6) is -1.25. The van der Waals surface area contributed by atoms with Crippen molar-refractivity contribution in [1.82, 2.24) is 0 Å². The van der Waals surface area contributed by atoms with Crippen molar-refractivity contribution in [1.29, 1.82) is 0 Å². The van der Waals surface area contributed by atoms with Crippen molar-refractivity contribution in [2.24, 2.45) is 0 Å². The maximum absolute atomic E-state index is 11.8. The second kappa shape index (κ2) is 5.01. The van der Waals surface area contributed by atoms with Crippen LogP contribution < -0.4 is 5.32 Å². The molecular weight excluding hydrogens is 337 g/mol. The number of carbonyl (C=O) groups excluding carboxylic acids is 1. The number of rotatable bonds is 2. The molecule has 0 aromatic heterocycles. The molecular formula is C10H8Cl3NO4S. The molecule has 0 radical (unpaired) electrons. The summed E-state index contributed by atoms with van der Waals surface area (Å²) in [7, 11) is -3.39. The van der Waals surface area contributed by atoms with Gasteiger partial charge in [0.25, 0.3) is 0 Å². The number of aromatic hydroxyl groups is 1. The standard InChI is InChI=1S/C10H8Cl3NO4S/c11-4-3-5(12)9(15)8(7(4)13)14-10(16)6-1-2-19(6,17)18/h3,6,15H,1-2H2,(H,14,16). The predicted octanol–water partition coefficient (Wildman–Crippen LogP) is 2.48. The van der Waals surface area contributed by atoms with Gasteiger partial charge in [0.15, 0.2) is 15.6 Å². The van der Waals surface area contributed by atoms with E-state index in [2.05, 4.69) is 5.32 Å². The summed E-state index contributed by atoms with van der Waals surface area (Å²) in [5, 5.41) is 10.7. The molecule has 19 heavy (non-hydrogen) atoms. The maximum atomic E-state index is 11.8. The van der Waals surface area contributed by atoms with E-state index in [-0.39, 0.29) is 32.9 Å². The van der Waals surface area contributed by atoms with E-state index in [0.29, 0.717) is 0 Å². The Morgan fingerprint density at radius 3 is 2.42 bits per heavy atom. The molecule has 0 spiro atoms. The lowest BCUT2D eigenvalue weighted by atomic mass is 10.2. The Hall–Kier alpha value is -0.690. The van der Waals surface area contributed by atoms with Gasteiger partial charge in [0.05, 0.1) is 20.8 Å². The van der Waals surface area contributed by atoms with Gasteiger partial charge in [0.1, 0.15) is 10.9 Å². The number of halogens is 3. The lowest BCUT2D eigenvalue weighted by Crippen LogP contribution is -2.45. The normalized spacial score (nSPS) is 20.7. The quantitative estimate of drug-likeness (QED) is 0.638. The summed E-state index contributed by atoms with van der Waals surface area (Å²) in [4.78, 5) is 11.8. The molecule has 2 N–H and O–H groups in total. The summed E-state index contributed by atoms with van der Waals surface area (Å²) >= 11 is 17.3. The maximum Gasteiger partial charge on any atom is 0.242 e. The number of hydrogen-bond acceptors (Lipinski definition) is 4. The molecule has 9 heteroatoms. The third-order valence-corrected chi connectivity index (χ3v) is 5.98. The number of benzene rings is 1. The summed E-state index contributed by atoms with van der Waals surface area (Å²) in [6.07, 6.45) is 0.237. The largest absolute Gasteiger partial charge is 0.504 e. The molecule has 1 unspecified atom stereocenters. The van der Waals surface area contributed by atoms with E-state index in [4.69, 9.17) is 34.8 Å². The Balaban J connectivity index is 2.32. The molecule has 104 valence electrons. The van der Waals surface area contributed by atoms with E-state index in [1.165, 1.54) is 6.07 Å². The number of phenolic OH excluding ortho intramolecular Hbond substituents is 1. The average molecular weight is 345 g/mol. The van der Waals surface area contributed by atoms with Crippen molar-refractivity contribution < 1.29 is 18.3 Å². The molecule has 1 aromatic rings. The molecule has 1 aliphatic rings. The molecule has 5 nitrogen and oxygen atoms in total. The minimum atomic E-state index is -3.39. The zero-order valence-corrected chi connectivity index (χ0v) is 12.4. The van der Waals surface area contributed by atoms with Crippen LogP contribution in [0.4, 0.5) is 5.69 Å². The van der Waals surface area contributed by atoms with Crippen LogP contribution in [0.25, 0.3) is 0 Å². The highest BCUT2D eigenvalue weighted by molar-refractivity contribution is 7.94. The highest BCUT2D eigenvalue weighted by atomic mass is 35.5. The van der Waals surface area contributed by atoms with Gasteiger partial charge in [-0.1, -0.05) is 34.8 Å². The minimum absolute atomic E-state index is 0.0267. The first-order chi connectivity index (χ1) is 8.74. The van der Waals surface area contributed by atoms with Gasteiger partial charge in [-0.2, -0.15) is 0 Å². The third kappa shape index (κ3) is 2.63. The molecule has 0 aliphatic carbocycles. The zero-order valence-electron chi connectivity index (χ0n) is 9.28.